The zero-order valence-electron chi connectivity index (χ0n) is 25.6. The first-order valence-corrected chi connectivity index (χ1v) is 15.8. The molecule has 10 heteroatoms. The Morgan fingerprint density at radius 2 is 1.79 bits per heavy atom. The largest absolute Gasteiger partial charge is 0.497 e. The van der Waals surface area contributed by atoms with E-state index in [2.05, 4.69) is 0 Å². The molecule has 4 aliphatic rings. The van der Waals surface area contributed by atoms with Gasteiger partial charge in [-0.2, -0.15) is 0 Å². The number of esters is 1. The van der Waals surface area contributed by atoms with Gasteiger partial charge < -0.3 is 24.2 Å². The van der Waals surface area contributed by atoms with Crippen molar-refractivity contribution in [2.45, 2.75) is 96.8 Å². The number of carboxylic acid groups (broad SMARTS) is 1. The third-order valence-corrected chi connectivity index (χ3v) is 9.72. The zero-order valence-corrected chi connectivity index (χ0v) is 25.6. The van der Waals surface area contributed by atoms with Crippen LogP contribution in [0.4, 0.5) is 0 Å². The minimum atomic E-state index is -1.05. The van der Waals surface area contributed by atoms with Gasteiger partial charge in [-0.1, -0.05) is 33.6 Å². The SMILES string of the molecule is COc1ccc2nc3c(nc2c1)O[C@H]1CN(C(=O)[C@H](C(C)(C)C)CC(=O)O[C@@H]2C[C@H]2CCCCC3)[C@H](C(=O)O)[C@@H]1C1CC1. The number of rotatable bonds is 3. The Morgan fingerprint density at radius 1 is 1.00 bits per heavy atom. The summed E-state index contributed by atoms with van der Waals surface area (Å²) in [5.74, 6) is -1.33. The molecule has 2 aliphatic carbocycles. The molecule has 6 atom stereocenters. The summed E-state index contributed by atoms with van der Waals surface area (Å²) in [4.78, 5) is 51.4. The van der Waals surface area contributed by atoms with Crippen molar-refractivity contribution in [2.75, 3.05) is 13.7 Å². The first-order valence-electron chi connectivity index (χ1n) is 15.8. The lowest BCUT2D eigenvalue weighted by atomic mass is 9.77. The summed E-state index contributed by atoms with van der Waals surface area (Å²) in [6, 6.07) is 4.52. The highest BCUT2D eigenvalue weighted by atomic mass is 16.5. The Morgan fingerprint density at radius 3 is 2.49 bits per heavy atom. The van der Waals surface area contributed by atoms with Gasteiger partial charge in [-0.25, -0.2) is 14.8 Å². The number of aromatic nitrogens is 2. The lowest BCUT2D eigenvalue weighted by Crippen LogP contribution is -2.49. The molecular weight excluding hydrogens is 550 g/mol. The summed E-state index contributed by atoms with van der Waals surface area (Å²) in [6.45, 7) is 5.86. The molecule has 2 saturated carbocycles. The van der Waals surface area contributed by atoms with Crippen molar-refractivity contribution in [2.24, 2.45) is 29.1 Å². The lowest BCUT2D eigenvalue weighted by molar-refractivity contribution is -0.157. The van der Waals surface area contributed by atoms with Crippen LogP contribution < -0.4 is 9.47 Å². The number of ether oxygens (including phenoxy) is 3. The van der Waals surface area contributed by atoms with Crippen LogP contribution in [0, 0.1) is 29.1 Å². The standard InChI is InChI=1S/C33H43N3O7/c1-33(2,3)21-16-27(37)42-25-14-19(25)8-6-5-7-9-23-30(35-24-15-20(41-4)12-13-22(24)34-23)43-26-17-36(31(21)38)29(32(39)40)28(26)18-10-11-18/h12-13,15,18-19,21,25-26,28-29H,5-11,14,16-17H2,1-4H3,(H,39,40)/t19-,21-,25-,26+,28-,29+/m1/s1. The van der Waals surface area contributed by atoms with Gasteiger partial charge in [0.1, 0.15) is 29.7 Å². The first kappa shape index (κ1) is 29.6. The maximum atomic E-state index is 14.2. The topological polar surface area (TPSA) is 128 Å². The van der Waals surface area contributed by atoms with E-state index >= 15 is 0 Å². The summed E-state index contributed by atoms with van der Waals surface area (Å²) in [5, 5.41) is 10.5. The van der Waals surface area contributed by atoms with Gasteiger partial charge in [-0.05, 0) is 67.9 Å². The number of hydrogen-bond donors (Lipinski definition) is 1. The third kappa shape index (κ3) is 6.29. The van der Waals surface area contributed by atoms with Crippen molar-refractivity contribution in [1.29, 1.82) is 0 Å². The van der Waals surface area contributed by atoms with Crippen LogP contribution in [0.2, 0.25) is 0 Å². The van der Waals surface area contributed by atoms with E-state index in [-0.39, 0.29) is 42.8 Å². The second-order valence-electron chi connectivity index (χ2n) is 13.9. The molecular formula is C33H43N3O7. The Bertz CT molecular complexity index is 1400. The van der Waals surface area contributed by atoms with E-state index in [0.717, 1.165) is 56.2 Å². The molecule has 2 aromatic rings. The van der Waals surface area contributed by atoms with Gasteiger partial charge in [-0.15, -0.1) is 0 Å². The summed E-state index contributed by atoms with van der Waals surface area (Å²) in [5.41, 5.74) is 1.55. The molecule has 0 spiro atoms. The maximum absolute atomic E-state index is 14.2. The predicted octanol–water partition coefficient (Wildman–Crippen LogP) is 4.81. The van der Waals surface area contributed by atoms with Crippen LogP contribution in [0.5, 0.6) is 11.6 Å². The van der Waals surface area contributed by atoms with Gasteiger partial charge in [-0.3, -0.25) is 9.59 Å². The number of methoxy groups -OCH3 is 1. The minimum absolute atomic E-state index is 0.0733. The highest BCUT2D eigenvalue weighted by Crippen LogP contribution is 2.47. The Balaban J connectivity index is 1.39. The highest BCUT2D eigenvalue weighted by Gasteiger charge is 2.56. The van der Waals surface area contributed by atoms with Crippen LogP contribution in [0.1, 0.15) is 77.8 Å². The number of carbonyl (C=O) groups excluding carboxylic acids is 2. The van der Waals surface area contributed by atoms with E-state index in [4.69, 9.17) is 24.2 Å². The number of amides is 1. The number of hydrogen-bond acceptors (Lipinski definition) is 8. The normalized spacial score (nSPS) is 30.4. The number of carboxylic acids is 1. The summed E-state index contributed by atoms with van der Waals surface area (Å²) >= 11 is 0. The molecule has 1 amide bonds. The summed E-state index contributed by atoms with van der Waals surface area (Å²) in [7, 11) is 1.60. The molecule has 232 valence electrons. The fourth-order valence-electron chi connectivity index (χ4n) is 7.00. The van der Waals surface area contributed by atoms with E-state index in [1.807, 2.05) is 39.0 Å². The van der Waals surface area contributed by atoms with Gasteiger partial charge in [0, 0.05) is 12.0 Å². The van der Waals surface area contributed by atoms with Crippen molar-refractivity contribution in [3.05, 3.63) is 23.9 Å². The fraction of sp³-hybridized carbons (Fsp3) is 0.667. The molecule has 0 unspecified atom stereocenters. The van der Waals surface area contributed by atoms with Gasteiger partial charge >= 0.3 is 11.9 Å². The van der Waals surface area contributed by atoms with Crippen LogP contribution in [-0.4, -0.2) is 69.7 Å². The van der Waals surface area contributed by atoms with Crippen molar-refractivity contribution in [1.82, 2.24) is 14.9 Å². The van der Waals surface area contributed by atoms with Gasteiger partial charge in [0.15, 0.2) is 0 Å². The average Bonchev–Trinajstić information content (AvgIpc) is 3.88. The number of nitrogens with zero attached hydrogens (tertiary/aromatic N) is 3. The van der Waals surface area contributed by atoms with Crippen molar-refractivity contribution in [3.63, 3.8) is 0 Å². The van der Waals surface area contributed by atoms with Crippen LogP contribution in [0.15, 0.2) is 18.2 Å². The summed E-state index contributed by atoms with van der Waals surface area (Å²) in [6.07, 6.45) is 6.50. The molecule has 6 rings (SSSR count). The number of aryl methyl sites for hydroxylation is 1. The van der Waals surface area contributed by atoms with E-state index in [9.17, 15) is 19.5 Å². The Hall–Kier alpha value is -3.43. The molecule has 43 heavy (non-hydrogen) atoms. The predicted molar refractivity (Wildman–Crippen MR) is 158 cm³/mol. The molecule has 3 fully saturated rings. The molecule has 1 aromatic carbocycles. The smallest absolute Gasteiger partial charge is 0.326 e. The highest BCUT2D eigenvalue weighted by molar-refractivity contribution is 5.89. The molecule has 1 saturated heterocycles. The molecule has 10 nitrogen and oxygen atoms in total. The van der Waals surface area contributed by atoms with Gasteiger partial charge in [0.25, 0.3) is 0 Å². The average molecular weight is 594 g/mol. The monoisotopic (exact) mass is 593 g/mol. The van der Waals surface area contributed by atoms with Crippen LogP contribution in [0.3, 0.4) is 0 Å². The van der Waals surface area contributed by atoms with Crippen molar-refractivity contribution < 1.29 is 33.7 Å². The van der Waals surface area contributed by atoms with Crippen molar-refractivity contribution >= 4 is 28.9 Å². The molecule has 0 radical (unpaired) electrons. The van der Waals surface area contributed by atoms with Crippen LogP contribution in [-0.2, 0) is 25.5 Å². The number of fused-ring (bicyclic) bond motifs is 5. The number of benzene rings is 1. The van der Waals surface area contributed by atoms with Crippen LogP contribution in [0.25, 0.3) is 11.0 Å². The van der Waals surface area contributed by atoms with Gasteiger partial charge in [0.2, 0.25) is 11.8 Å². The molecule has 3 heterocycles. The molecule has 2 aliphatic heterocycles. The molecule has 2 bridgehead atoms. The summed E-state index contributed by atoms with van der Waals surface area (Å²) < 4.78 is 17.9. The molecule has 1 N–H and O–H groups in total. The molecule has 1 aromatic heterocycles. The van der Waals surface area contributed by atoms with E-state index in [1.54, 1.807) is 7.11 Å². The maximum Gasteiger partial charge on any atom is 0.326 e. The van der Waals surface area contributed by atoms with Gasteiger partial charge in [0.05, 0.1) is 37.0 Å². The van der Waals surface area contributed by atoms with E-state index in [0.29, 0.717) is 29.5 Å². The minimum Gasteiger partial charge on any atom is -0.497 e. The first-order chi connectivity index (χ1) is 20.5. The Kier molecular flexibility index (Phi) is 7.98. The Labute approximate surface area is 252 Å². The zero-order chi connectivity index (χ0) is 30.5. The lowest BCUT2D eigenvalue weighted by Gasteiger charge is -2.34. The number of aliphatic carboxylic acids is 1. The van der Waals surface area contributed by atoms with E-state index < -0.39 is 29.4 Å². The van der Waals surface area contributed by atoms with E-state index in [1.165, 1.54) is 4.90 Å². The fourth-order valence-corrected chi connectivity index (χ4v) is 7.00. The quantitative estimate of drug-likeness (QED) is 0.499. The second-order valence-corrected chi connectivity index (χ2v) is 13.9. The second kappa shape index (κ2) is 11.6. The van der Waals surface area contributed by atoms with Crippen molar-refractivity contribution in [3.8, 4) is 11.6 Å². The van der Waals surface area contributed by atoms with Crippen LogP contribution >= 0.6 is 0 Å². The third-order valence-electron chi connectivity index (χ3n) is 9.72. The number of carbonyl (C=O) groups is 3.